The van der Waals surface area contributed by atoms with E-state index in [1.54, 1.807) is 0 Å². The molecule has 1 aliphatic rings. The predicted molar refractivity (Wildman–Crippen MR) is 162 cm³/mol. The van der Waals surface area contributed by atoms with Crippen LogP contribution in [0.15, 0.2) is 79.1 Å². The molecular weight excluding hydrogens is 648 g/mol. The molecule has 0 radical (unpaired) electrons. The molecule has 2 N–H and O–H groups in total. The number of nitrogens with zero attached hydrogens (tertiary/aromatic N) is 5. The van der Waals surface area contributed by atoms with Gasteiger partial charge in [-0.25, -0.2) is 9.59 Å². The third kappa shape index (κ3) is 9.63. The minimum Gasteiger partial charge on any atom is -0.492 e. The average molecular weight is 678 g/mol. The Hall–Kier alpha value is -5.25. The number of likely N-dealkylation sites (tertiary alicyclic amines) is 1. The molecule has 16 heteroatoms. The Bertz CT molecular complexity index is 1810. The molecule has 0 spiro atoms. The maximum Gasteiger partial charge on any atom is 0.490 e. The van der Waals surface area contributed by atoms with Crippen LogP contribution in [0.2, 0.25) is 0 Å². The third-order valence-corrected chi connectivity index (χ3v) is 7.10. The molecule has 0 aliphatic carbocycles. The van der Waals surface area contributed by atoms with Crippen molar-refractivity contribution in [3.05, 3.63) is 79.1 Å². The molecule has 1 saturated heterocycles. The Morgan fingerprint density at radius 1 is 0.792 bits per heavy atom. The van der Waals surface area contributed by atoms with Gasteiger partial charge in [0.25, 0.3) is 0 Å². The molecule has 0 atom stereocenters. The molecule has 5 aromatic rings. The van der Waals surface area contributed by atoms with Gasteiger partial charge in [0.2, 0.25) is 0 Å². The number of piperidine rings is 1. The number of carboxylic acid groups (broad SMARTS) is 2. The third-order valence-electron chi connectivity index (χ3n) is 7.10. The van der Waals surface area contributed by atoms with Gasteiger partial charge in [0.15, 0.2) is 11.5 Å². The monoisotopic (exact) mass is 677 g/mol. The van der Waals surface area contributed by atoms with Crippen LogP contribution in [-0.4, -0.2) is 85.2 Å². The molecule has 0 saturated carbocycles. The fourth-order valence-corrected chi connectivity index (χ4v) is 4.76. The molecule has 254 valence electrons. The minimum absolute atomic E-state index is 0.734. The summed E-state index contributed by atoms with van der Waals surface area (Å²) < 4.78 is 71.5. The Morgan fingerprint density at radius 3 is 2.04 bits per heavy atom. The molecule has 3 aromatic heterocycles. The van der Waals surface area contributed by atoms with E-state index in [2.05, 4.69) is 50.4 Å². The van der Waals surface area contributed by atoms with Gasteiger partial charge in [-0.15, -0.1) is 10.2 Å². The van der Waals surface area contributed by atoms with Crippen LogP contribution in [0.5, 0.6) is 5.75 Å². The Labute approximate surface area is 269 Å². The van der Waals surface area contributed by atoms with Crippen LogP contribution in [0.3, 0.4) is 0 Å². The van der Waals surface area contributed by atoms with E-state index in [0.29, 0.717) is 0 Å². The molecule has 4 heterocycles. The number of fused-ring (bicyclic) bond motifs is 2. The second kappa shape index (κ2) is 15.6. The van der Waals surface area contributed by atoms with Crippen molar-refractivity contribution in [2.45, 2.75) is 31.6 Å². The molecule has 10 nitrogen and oxygen atoms in total. The zero-order valence-electron chi connectivity index (χ0n) is 25.1. The standard InChI is InChI=1S/C28H27N5O.2C2HF3O2/c1-4-15-32(16-5-1)18-19-34-23-10-8-21(9-11-23)22-13-17-33-27(20-22)30-31-28(33)25-12-14-29-26-7-3-2-6-24(25)26;2*3-2(4,5)1(6)7/h2-3,6-14,17,20H,1,4-5,15-16,18-19H2;2*(H,6,7). The largest absolute Gasteiger partial charge is 0.492 e. The van der Waals surface area contributed by atoms with Crippen molar-refractivity contribution in [2.75, 3.05) is 26.2 Å². The minimum atomic E-state index is -5.08. The number of pyridine rings is 2. The van der Waals surface area contributed by atoms with Crippen molar-refractivity contribution in [1.82, 2.24) is 24.5 Å². The first-order valence-corrected chi connectivity index (χ1v) is 14.5. The summed E-state index contributed by atoms with van der Waals surface area (Å²) in [5.41, 5.74) is 5.02. The second-order valence-corrected chi connectivity index (χ2v) is 10.4. The van der Waals surface area contributed by atoms with Crippen LogP contribution >= 0.6 is 0 Å². The Morgan fingerprint density at radius 2 is 1.42 bits per heavy atom. The van der Waals surface area contributed by atoms with Crippen molar-refractivity contribution in [3.63, 3.8) is 0 Å². The van der Waals surface area contributed by atoms with E-state index in [1.165, 1.54) is 32.4 Å². The zero-order chi connectivity index (χ0) is 34.9. The molecule has 1 fully saturated rings. The van der Waals surface area contributed by atoms with E-state index in [0.717, 1.165) is 58.0 Å². The highest BCUT2D eigenvalue weighted by Gasteiger charge is 2.38. The first-order chi connectivity index (χ1) is 22.7. The lowest BCUT2D eigenvalue weighted by atomic mass is 10.1. The van der Waals surface area contributed by atoms with Crippen LogP contribution in [0, 0.1) is 0 Å². The van der Waals surface area contributed by atoms with Crippen LogP contribution < -0.4 is 4.74 Å². The fraction of sp³-hybridized carbons (Fsp3) is 0.281. The summed E-state index contributed by atoms with van der Waals surface area (Å²) in [6.45, 7) is 4.14. The first kappa shape index (κ1) is 35.6. The lowest BCUT2D eigenvalue weighted by Gasteiger charge is -2.26. The lowest BCUT2D eigenvalue weighted by Crippen LogP contribution is -2.33. The van der Waals surface area contributed by atoms with Gasteiger partial charge in [-0.1, -0.05) is 36.8 Å². The lowest BCUT2D eigenvalue weighted by molar-refractivity contribution is -0.193. The van der Waals surface area contributed by atoms with Crippen molar-refractivity contribution in [2.24, 2.45) is 0 Å². The molecule has 48 heavy (non-hydrogen) atoms. The summed E-state index contributed by atoms with van der Waals surface area (Å²) in [7, 11) is 0. The summed E-state index contributed by atoms with van der Waals surface area (Å²) in [5.74, 6) is -3.78. The Kier molecular flexibility index (Phi) is 11.5. The number of para-hydroxylation sites is 1. The van der Waals surface area contributed by atoms with Crippen molar-refractivity contribution >= 4 is 28.5 Å². The highest BCUT2D eigenvalue weighted by Crippen LogP contribution is 2.29. The van der Waals surface area contributed by atoms with E-state index in [-0.39, 0.29) is 0 Å². The number of carboxylic acids is 2. The van der Waals surface area contributed by atoms with E-state index in [1.807, 2.05) is 53.2 Å². The molecule has 1 aliphatic heterocycles. The smallest absolute Gasteiger partial charge is 0.490 e. The molecule has 0 amide bonds. The zero-order valence-corrected chi connectivity index (χ0v) is 25.1. The molecule has 2 aromatic carbocycles. The number of alkyl halides is 6. The normalized spacial score (nSPS) is 13.6. The van der Waals surface area contributed by atoms with Gasteiger partial charge in [-0.3, -0.25) is 14.3 Å². The number of carbonyl (C=O) groups is 2. The van der Waals surface area contributed by atoms with Gasteiger partial charge in [-0.05, 0) is 73.5 Å². The van der Waals surface area contributed by atoms with Gasteiger partial charge in [-0.2, -0.15) is 26.3 Å². The SMILES string of the molecule is O=C(O)C(F)(F)F.O=C(O)C(F)(F)F.c1ccc2c(-c3nnc4cc(-c5ccc(OCCN6CCCCC6)cc5)ccn34)ccnc2c1. The van der Waals surface area contributed by atoms with Crippen molar-refractivity contribution < 1.29 is 50.9 Å². The van der Waals surface area contributed by atoms with E-state index < -0.39 is 24.3 Å². The van der Waals surface area contributed by atoms with Crippen LogP contribution in [-0.2, 0) is 9.59 Å². The number of aromatic nitrogens is 4. The number of halogens is 6. The molecule has 6 rings (SSSR count). The highest BCUT2D eigenvalue weighted by atomic mass is 19.4. The predicted octanol–water partition coefficient (Wildman–Crippen LogP) is 6.74. The van der Waals surface area contributed by atoms with Crippen molar-refractivity contribution in [1.29, 1.82) is 0 Å². The van der Waals surface area contributed by atoms with Crippen LogP contribution in [0.1, 0.15) is 19.3 Å². The quantitative estimate of drug-likeness (QED) is 0.188. The topological polar surface area (TPSA) is 130 Å². The Balaban J connectivity index is 0.000000314. The van der Waals surface area contributed by atoms with Gasteiger partial charge in [0.05, 0.1) is 5.52 Å². The fourth-order valence-electron chi connectivity index (χ4n) is 4.76. The maximum absolute atomic E-state index is 10.6. The summed E-state index contributed by atoms with van der Waals surface area (Å²) in [6, 6.07) is 22.6. The van der Waals surface area contributed by atoms with Gasteiger partial charge in [0.1, 0.15) is 12.4 Å². The summed E-state index contributed by atoms with van der Waals surface area (Å²) in [6.07, 6.45) is -2.32. The van der Waals surface area contributed by atoms with E-state index >= 15 is 0 Å². The average Bonchev–Trinajstić information content (AvgIpc) is 3.48. The number of hydrogen-bond acceptors (Lipinski definition) is 7. The van der Waals surface area contributed by atoms with E-state index in [9.17, 15) is 26.3 Å². The number of ether oxygens (including phenoxy) is 1. The summed E-state index contributed by atoms with van der Waals surface area (Å²) in [4.78, 5) is 24.8. The maximum atomic E-state index is 10.6. The number of aliphatic carboxylic acids is 2. The van der Waals surface area contributed by atoms with Crippen LogP contribution in [0.4, 0.5) is 26.3 Å². The highest BCUT2D eigenvalue weighted by molar-refractivity contribution is 5.92. The number of rotatable bonds is 6. The molecular formula is C32H29F6N5O5. The van der Waals surface area contributed by atoms with E-state index in [4.69, 9.17) is 24.5 Å². The van der Waals surface area contributed by atoms with Crippen LogP contribution in [0.25, 0.3) is 39.1 Å². The first-order valence-electron chi connectivity index (χ1n) is 14.5. The van der Waals surface area contributed by atoms with Crippen molar-refractivity contribution in [3.8, 4) is 28.3 Å². The number of benzene rings is 2. The number of hydrogen-bond donors (Lipinski definition) is 2. The van der Waals surface area contributed by atoms with Gasteiger partial charge < -0.3 is 14.9 Å². The second-order valence-electron chi connectivity index (χ2n) is 10.4. The van der Waals surface area contributed by atoms with Gasteiger partial charge in [0, 0.05) is 29.9 Å². The summed E-state index contributed by atoms with van der Waals surface area (Å²) >= 11 is 0. The van der Waals surface area contributed by atoms with Gasteiger partial charge >= 0.3 is 24.3 Å². The molecule has 0 unspecified atom stereocenters. The summed E-state index contributed by atoms with van der Waals surface area (Å²) in [5, 5.41) is 24.3. The molecule has 0 bridgehead atoms.